The van der Waals surface area contributed by atoms with Crippen LogP contribution in [0.3, 0.4) is 0 Å². The molecule has 0 aliphatic carbocycles. The number of hydrogen-bond acceptors (Lipinski definition) is 5. The maximum atomic E-state index is 12.2. The third-order valence-corrected chi connectivity index (χ3v) is 4.80. The van der Waals surface area contributed by atoms with Gasteiger partial charge in [0, 0.05) is 19.0 Å². The van der Waals surface area contributed by atoms with Gasteiger partial charge in [0.25, 0.3) is 0 Å². The molecule has 0 fully saturated rings. The number of carbonyl (C=O) groups is 1. The lowest BCUT2D eigenvalue weighted by Gasteiger charge is -2.22. The number of nitriles is 1. The molecule has 0 aliphatic rings. The molecule has 2 rings (SSSR count). The molecule has 26 heavy (non-hydrogen) atoms. The second-order valence-corrected chi connectivity index (χ2v) is 7.40. The summed E-state index contributed by atoms with van der Waals surface area (Å²) in [4.78, 5) is 12.2. The van der Waals surface area contributed by atoms with Crippen LogP contribution in [0.1, 0.15) is 12.0 Å². The van der Waals surface area contributed by atoms with Crippen LogP contribution in [0, 0.1) is 11.3 Å². The van der Waals surface area contributed by atoms with Gasteiger partial charge in [-0.25, -0.2) is 8.42 Å². The van der Waals surface area contributed by atoms with Crippen molar-refractivity contribution in [3.05, 3.63) is 54.1 Å². The summed E-state index contributed by atoms with van der Waals surface area (Å²) in [5.74, 6) is 0.132. The highest BCUT2D eigenvalue weighted by Gasteiger charge is 2.19. The van der Waals surface area contributed by atoms with Gasteiger partial charge in [-0.1, -0.05) is 18.2 Å². The van der Waals surface area contributed by atoms with Crippen LogP contribution in [-0.4, -0.2) is 34.2 Å². The monoisotopic (exact) mass is 373 g/mol. The standard InChI is InChI=1S/C18H19N3O4S/c1-25-16-8-5-7-15(12-16)21(26(2,23)24)11-10-18(22)20-17-9-4-3-6-14(17)13-19/h3-9,12H,10-11H2,1-2H3,(H,20,22). The van der Waals surface area contributed by atoms with Crippen molar-refractivity contribution in [2.24, 2.45) is 0 Å². The first-order valence-electron chi connectivity index (χ1n) is 7.76. The van der Waals surface area contributed by atoms with Gasteiger partial charge in [0.1, 0.15) is 11.8 Å². The molecular formula is C18H19N3O4S. The van der Waals surface area contributed by atoms with Crippen LogP contribution in [-0.2, 0) is 14.8 Å². The summed E-state index contributed by atoms with van der Waals surface area (Å²) in [6.07, 6.45) is 1.01. The molecule has 0 saturated carbocycles. The van der Waals surface area contributed by atoms with E-state index in [-0.39, 0.29) is 18.9 Å². The third-order valence-electron chi connectivity index (χ3n) is 3.61. The van der Waals surface area contributed by atoms with Crippen molar-refractivity contribution >= 4 is 27.3 Å². The fraction of sp³-hybridized carbons (Fsp3) is 0.222. The second-order valence-electron chi connectivity index (χ2n) is 5.49. The van der Waals surface area contributed by atoms with Crippen molar-refractivity contribution in [2.75, 3.05) is 29.5 Å². The van der Waals surface area contributed by atoms with Gasteiger partial charge in [-0.15, -0.1) is 0 Å². The molecular weight excluding hydrogens is 354 g/mol. The minimum absolute atomic E-state index is 0.0352. The number of ether oxygens (including phenoxy) is 1. The van der Waals surface area contributed by atoms with Crippen molar-refractivity contribution < 1.29 is 17.9 Å². The Bertz CT molecular complexity index is 935. The van der Waals surface area contributed by atoms with E-state index < -0.39 is 10.0 Å². The number of rotatable bonds is 7. The zero-order chi connectivity index (χ0) is 19.2. The number of benzene rings is 2. The lowest BCUT2D eigenvalue weighted by molar-refractivity contribution is -0.116. The van der Waals surface area contributed by atoms with E-state index in [1.807, 2.05) is 6.07 Å². The van der Waals surface area contributed by atoms with E-state index in [1.165, 1.54) is 7.11 Å². The van der Waals surface area contributed by atoms with E-state index in [0.717, 1.165) is 10.6 Å². The minimum Gasteiger partial charge on any atom is -0.497 e. The van der Waals surface area contributed by atoms with Gasteiger partial charge in [0.05, 0.1) is 30.3 Å². The van der Waals surface area contributed by atoms with E-state index in [4.69, 9.17) is 10.00 Å². The van der Waals surface area contributed by atoms with Crippen LogP contribution < -0.4 is 14.4 Å². The van der Waals surface area contributed by atoms with Crippen LogP contribution in [0.5, 0.6) is 5.75 Å². The molecule has 0 atom stereocenters. The second kappa shape index (κ2) is 8.36. The first-order chi connectivity index (χ1) is 12.3. The first-order valence-corrected chi connectivity index (χ1v) is 9.60. The fourth-order valence-corrected chi connectivity index (χ4v) is 3.28. The Balaban J connectivity index is 2.12. The molecule has 136 valence electrons. The largest absolute Gasteiger partial charge is 0.497 e. The van der Waals surface area contributed by atoms with E-state index in [0.29, 0.717) is 22.7 Å². The topological polar surface area (TPSA) is 99.5 Å². The minimum atomic E-state index is -3.58. The summed E-state index contributed by atoms with van der Waals surface area (Å²) >= 11 is 0. The van der Waals surface area contributed by atoms with Crippen molar-refractivity contribution in [1.82, 2.24) is 0 Å². The van der Waals surface area contributed by atoms with Gasteiger partial charge < -0.3 is 10.1 Å². The Labute approximate surface area is 152 Å². The number of carbonyl (C=O) groups excluding carboxylic acids is 1. The molecule has 8 heteroatoms. The van der Waals surface area contributed by atoms with Crippen molar-refractivity contribution in [3.63, 3.8) is 0 Å². The predicted octanol–water partition coefficient (Wildman–Crippen LogP) is 2.36. The zero-order valence-corrected chi connectivity index (χ0v) is 15.3. The normalized spacial score (nSPS) is 10.7. The number of nitrogens with zero attached hydrogens (tertiary/aromatic N) is 2. The number of anilines is 2. The Morgan fingerprint density at radius 2 is 1.96 bits per heavy atom. The van der Waals surface area contributed by atoms with Gasteiger partial charge in [-0.2, -0.15) is 5.26 Å². The molecule has 0 heterocycles. The molecule has 0 aliphatic heterocycles. The van der Waals surface area contributed by atoms with E-state index in [2.05, 4.69) is 5.32 Å². The summed E-state index contributed by atoms with van der Waals surface area (Å²) in [5, 5.41) is 11.7. The quantitative estimate of drug-likeness (QED) is 0.803. The number of methoxy groups -OCH3 is 1. The van der Waals surface area contributed by atoms with Crippen molar-refractivity contribution in [2.45, 2.75) is 6.42 Å². The van der Waals surface area contributed by atoms with Gasteiger partial charge in [-0.3, -0.25) is 9.10 Å². The molecule has 0 spiro atoms. The Morgan fingerprint density at radius 3 is 2.62 bits per heavy atom. The number of para-hydroxylation sites is 1. The average Bonchev–Trinajstić information content (AvgIpc) is 2.61. The molecule has 0 aromatic heterocycles. The SMILES string of the molecule is COc1cccc(N(CCC(=O)Nc2ccccc2C#N)S(C)(=O)=O)c1. The van der Waals surface area contributed by atoms with Gasteiger partial charge in [0.15, 0.2) is 0 Å². The molecule has 0 unspecified atom stereocenters. The Hall–Kier alpha value is -3.05. The first kappa shape index (κ1) is 19.3. The molecule has 0 radical (unpaired) electrons. The molecule has 7 nitrogen and oxygen atoms in total. The van der Waals surface area contributed by atoms with Crippen LogP contribution in [0.4, 0.5) is 11.4 Å². The molecule has 0 saturated heterocycles. The van der Waals surface area contributed by atoms with Crippen LogP contribution in [0.25, 0.3) is 0 Å². The van der Waals surface area contributed by atoms with E-state index in [1.54, 1.807) is 48.5 Å². The van der Waals surface area contributed by atoms with E-state index in [9.17, 15) is 13.2 Å². The van der Waals surface area contributed by atoms with Crippen LogP contribution >= 0.6 is 0 Å². The van der Waals surface area contributed by atoms with E-state index >= 15 is 0 Å². The zero-order valence-electron chi connectivity index (χ0n) is 14.5. The summed E-state index contributed by atoms with van der Waals surface area (Å²) in [5.41, 5.74) is 1.15. The highest BCUT2D eigenvalue weighted by atomic mass is 32.2. The number of nitrogens with one attached hydrogen (secondary N) is 1. The fourth-order valence-electron chi connectivity index (χ4n) is 2.36. The summed E-state index contributed by atoms with van der Waals surface area (Å²) < 4.78 is 30.5. The van der Waals surface area contributed by atoms with Crippen molar-refractivity contribution in [1.29, 1.82) is 5.26 Å². The molecule has 1 amide bonds. The number of hydrogen-bond donors (Lipinski definition) is 1. The number of amides is 1. The van der Waals surface area contributed by atoms with Crippen molar-refractivity contribution in [3.8, 4) is 11.8 Å². The molecule has 2 aromatic rings. The average molecular weight is 373 g/mol. The summed E-state index contributed by atoms with van der Waals surface area (Å²) in [6.45, 7) is -0.0352. The molecule has 2 aromatic carbocycles. The lowest BCUT2D eigenvalue weighted by atomic mass is 10.2. The highest BCUT2D eigenvalue weighted by Crippen LogP contribution is 2.23. The smallest absolute Gasteiger partial charge is 0.232 e. The van der Waals surface area contributed by atoms with Crippen LogP contribution in [0.2, 0.25) is 0 Å². The summed E-state index contributed by atoms with van der Waals surface area (Å²) in [7, 11) is -2.09. The van der Waals surface area contributed by atoms with Gasteiger partial charge >= 0.3 is 0 Å². The lowest BCUT2D eigenvalue weighted by Crippen LogP contribution is -2.33. The maximum absolute atomic E-state index is 12.2. The van der Waals surface area contributed by atoms with Gasteiger partial charge in [-0.05, 0) is 24.3 Å². The van der Waals surface area contributed by atoms with Gasteiger partial charge in [0.2, 0.25) is 15.9 Å². The third kappa shape index (κ3) is 4.97. The maximum Gasteiger partial charge on any atom is 0.232 e. The summed E-state index contributed by atoms with van der Waals surface area (Å²) in [6, 6.07) is 15.2. The predicted molar refractivity (Wildman–Crippen MR) is 99.6 cm³/mol. The molecule has 0 bridgehead atoms. The number of sulfonamides is 1. The Morgan fingerprint density at radius 1 is 1.23 bits per heavy atom. The Kier molecular flexibility index (Phi) is 6.20. The van der Waals surface area contributed by atoms with Crippen LogP contribution in [0.15, 0.2) is 48.5 Å². The molecule has 1 N–H and O–H groups in total. The highest BCUT2D eigenvalue weighted by molar-refractivity contribution is 7.92.